The van der Waals surface area contributed by atoms with Crippen LogP contribution in [0.1, 0.15) is 24.3 Å². The fourth-order valence-corrected chi connectivity index (χ4v) is 4.11. The first-order valence-corrected chi connectivity index (χ1v) is 11.0. The Labute approximate surface area is 199 Å². The normalized spacial score (nSPS) is 21.1. The standard InChI is InChI=1S/C24H22FN7O3/c1-3-35-17-11-15(20(33)30-22-26-8-9-27-22)19-24(2,18(17)25)32-23(29-19)31-21(34)16-10-13-6-4-5-7-14(13)12-28-16/h4-12,19H,3H2,1-2H3,(H2,26,27,30,33)(H2,29,31,32,34). The molecule has 3 heterocycles. The summed E-state index contributed by atoms with van der Waals surface area (Å²) in [6, 6.07) is 8.20. The number of halogens is 1. The molecular formula is C24H22FN7O3. The van der Waals surface area contributed by atoms with Crippen molar-refractivity contribution in [1.29, 1.82) is 0 Å². The second-order valence-corrected chi connectivity index (χ2v) is 8.18. The molecule has 35 heavy (non-hydrogen) atoms. The Hall–Kier alpha value is -4.54. The molecule has 0 radical (unpaired) electrons. The number of nitrogens with one attached hydrogen (secondary N) is 4. The predicted molar refractivity (Wildman–Crippen MR) is 127 cm³/mol. The molecule has 0 saturated heterocycles. The van der Waals surface area contributed by atoms with Crippen LogP contribution in [-0.2, 0) is 9.53 Å². The van der Waals surface area contributed by atoms with E-state index in [-0.39, 0.29) is 35.5 Å². The minimum Gasteiger partial charge on any atom is -0.491 e. The Morgan fingerprint density at radius 2 is 1.97 bits per heavy atom. The van der Waals surface area contributed by atoms with E-state index in [4.69, 9.17) is 4.74 Å². The van der Waals surface area contributed by atoms with Gasteiger partial charge in [-0.05, 0) is 31.4 Å². The lowest BCUT2D eigenvalue weighted by Crippen LogP contribution is -2.54. The lowest BCUT2D eigenvalue weighted by atomic mass is 9.82. The number of amides is 2. The van der Waals surface area contributed by atoms with E-state index in [0.29, 0.717) is 0 Å². The minimum absolute atomic E-state index is 0.0158. The molecule has 2 atom stereocenters. The summed E-state index contributed by atoms with van der Waals surface area (Å²) in [6.07, 6.45) is 5.98. The molecule has 2 amide bonds. The highest BCUT2D eigenvalue weighted by atomic mass is 19.1. The van der Waals surface area contributed by atoms with Crippen molar-refractivity contribution in [2.45, 2.75) is 25.4 Å². The molecule has 3 aromatic rings. The highest BCUT2D eigenvalue weighted by molar-refractivity contribution is 6.09. The number of aliphatic imine (C=N–C) groups is 1. The smallest absolute Gasteiger partial charge is 0.276 e. The van der Waals surface area contributed by atoms with Crippen molar-refractivity contribution in [2.24, 2.45) is 4.99 Å². The summed E-state index contributed by atoms with van der Waals surface area (Å²) in [5.41, 5.74) is -1.13. The zero-order chi connectivity index (χ0) is 24.6. The molecule has 0 bridgehead atoms. The van der Waals surface area contributed by atoms with Gasteiger partial charge in [-0.25, -0.2) is 14.4 Å². The molecule has 4 N–H and O–H groups in total. The maximum absolute atomic E-state index is 15.5. The zero-order valence-corrected chi connectivity index (χ0v) is 18.9. The third-order valence-electron chi connectivity index (χ3n) is 5.82. The van der Waals surface area contributed by atoms with Crippen LogP contribution in [0.5, 0.6) is 0 Å². The number of allylic oxidation sites excluding steroid dienone is 1. The van der Waals surface area contributed by atoms with Crippen LogP contribution in [0.2, 0.25) is 0 Å². The number of rotatable bonds is 5. The van der Waals surface area contributed by atoms with E-state index in [1.807, 2.05) is 24.3 Å². The third kappa shape index (κ3) is 4.01. The summed E-state index contributed by atoms with van der Waals surface area (Å²) >= 11 is 0. The number of carbonyl (C=O) groups excluding carboxylic acids is 2. The van der Waals surface area contributed by atoms with Crippen molar-refractivity contribution >= 4 is 34.5 Å². The van der Waals surface area contributed by atoms with Crippen LogP contribution in [0.15, 0.2) is 77.1 Å². The van der Waals surface area contributed by atoms with E-state index in [1.54, 1.807) is 32.3 Å². The highest BCUT2D eigenvalue weighted by Crippen LogP contribution is 2.39. The van der Waals surface area contributed by atoms with Gasteiger partial charge in [0.1, 0.15) is 17.3 Å². The number of aromatic nitrogens is 3. The van der Waals surface area contributed by atoms with Gasteiger partial charge in [-0.3, -0.25) is 25.2 Å². The second kappa shape index (κ2) is 8.67. The zero-order valence-electron chi connectivity index (χ0n) is 18.9. The average molecular weight is 475 g/mol. The van der Waals surface area contributed by atoms with Gasteiger partial charge in [0.25, 0.3) is 11.8 Å². The number of anilines is 1. The maximum atomic E-state index is 15.5. The molecular weight excluding hydrogens is 453 g/mol. The highest BCUT2D eigenvalue weighted by Gasteiger charge is 2.52. The number of fused-ring (bicyclic) bond motifs is 2. The first kappa shape index (κ1) is 22.3. The number of imidazole rings is 1. The molecule has 0 fully saturated rings. The molecule has 2 aromatic heterocycles. The van der Waals surface area contributed by atoms with Crippen molar-refractivity contribution in [3.8, 4) is 0 Å². The summed E-state index contributed by atoms with van der Waals surface area (Å²) in [4.78, 5) is 41.4. The largest absolute Gasteiger partial charge is 0.491 e. The van der Waals surface area contributed by atoms with E-state index in [2.05, 4.69) is 35.9 Å². The van der Waals surface area contributed by atoms with E-state index in [0.717, 1.165) is 10.8 Å². The van der Waals surface area contributed by atoms with Gasteiger partial charge in [0, 0.05) is 29.5 Å². The number of carbonyl (C=O) groups is 2. The number of hydrogen-bond acceptors (Lipinski definition) is 7. The SMILES string of the molecule is CCOC1=C(F)C2(C)NC(NC(=O)c3cc4ccccc4cn3)=NC2C(C(=O)Nc2ncc[nH]2)=C1. The van der Waals surface area contributed by atoms with Crippen LogP contribution in [0.25, 0.3) is 10.8 Å². The van der Waals surface area contributed by atoms with Crippen molar-refractivity contribution in [3.05, 3.63) is 77.9 Å². The van der Waals surface area contributed by atoms with E-state index >= 15 is 4.39 Å². The number of H-pyrrole nitrogens is 1. The van der Waals surface area contributed by atoms with Crippen LogP contribution in [-0.4, -0.2) is 50.9 Å². The van der Waals surface area contributed by atoms with Gasteiger partial charge in [0.15, 0.2) is 17.5 Å². The molecule has 1 aliphatic heterocycles. The molecule has 178 valence electrons. The van der Waals surface area contributed by atoms with Gasteiger partial charge < -0.3 is 15.0 Å². The van der Waals surface area contributed by atoms with E-state index in [9.17, 15) is 9.59 Å². The van der Waals surface area contributed by atoms with E-state index < -0.39 is 29.2 Å². The maximum Gasteiger partial charge on any atom is 0.276 e. The second-order valence-electron chi connectivity index (χ2n) is 8.18. The molecule has 2 aliphatic rings. The molecule has 2 unspecified atom stereocenters. The molecule has 10 nitrogen and oxygen atoms in total. The van der Waals surface area contributed by atoms with Crippen LogP contribution < -0.4 is 16.0 Å². The van der Waals surface area contributed by atoms with Crippen molar-refractivity contribution < 1.29 is 18.7 Å². The molecule has 5 rings (SSSR count). The Balaban J connectivity index is 1.44. The summed E-state index contributed by atoms with van der Waals surface area (Å²) in [7, 11) is 0. The Morgan fingerprint density at radius 1 is 1.17 bits per heavy atom. The van der Waals surface area contributed by atoms with Gasteiger partial charge in [-0.2, -0.15) is 0 Å². The number of pyridine rings is 1. The number of hydrogen-bond donors (Lipinski definition) is 4. The summed E-state index contributed by atoms with van der Waals surface area (Å²) in [6.45, 7) is 3.47. The Morgan fingerprint density at radius 3 is 2.71 bits per heavy atom. The number of benzene rings is 1. The molecule has 1 aromatic carbocycles. The van der Waals surface area contributed by atoms with Crippen LogP contribution in [0, 0.1) is 0 Å². The topological polar surface area (TPSA) is 133 Å². The molecule has 11 heteroatoms. The summed E-state index contributed by atoms with van der Waals surface area (Å²) in [5.74, 6) is -1.52. The van der Waals surface area contributed by atoms with Gasteiger partial charge >= 0.3 is 0 Å². The van der Waals surface area contributed by atoms with E-state index in [1.165, 1.54) is 12.3 Å². The van der Waals surface area contributed by atoms with Gasteiger partial charge in [0.05, 0.1) is 6.61 Å². The quantitative estimate of drug-likeness (QED) is 0.448. The number of guanidine groups is 1. The predicted octanol–water partition coefficient (Wildman–Crippen LogP) is 2.57. The van der Waals surface area contributed by atoms with Crippen molar-refractivity contribution in [3.63, 3.8) is 0 Å². The Kier molecular flexibility index (Phi) is 5.51. The lowest BCUT2D eigenvalue weighted by molar-refractivity contribution is -0.113. The van der Waals surface area contributed by atoms with Gasteiger partial charge in [-0.15, -0.1) is 0 Å². The van der Waals surface area contributed by atoms with Gasteiger partial charge in [0.2, 0.25) is 5.95 Å². The lowest BCUT2D eigenvalue weighted by Gasteiger charge is -2.34. The van der Waals surface area contributed by atoms with Crippen LogP contribution in [0.4, 0.5) is 10.3 Å². The summed E-state index contributed by atoms with van der Waals surface area (Å²) < 4.78 is 20.9. The number of ether oxygens (including phenoxy) is 1. The Bertz CT molecular complexity index is 1410. The third-order valence-corrected chi connectivity index (χ3v) is 5.82. The van der Waals surface area contributed by atoms with Gasteiger partial charge in [-0.1, -0.05) is 24.3 Å². The molecule has 1 aliphatic carbocycles. The molecule has 0 spiro atoms. The first-order valence-electron chi connectivity index (χ1n) is 11.0. The average Bonchev–Trinajstić information content (AvgIpc) is 3.48. The van der Waals surface area contributed by atoms with Crippen LogP contribution in [0.3, 0.4) is 0 Å². The summed E-state index contributed by atoms with van der Waals surface area (Å²) in [5, 5.41) is 9.94. The monoisotopic (exact) mass is 475 g/mol. The number of aromatic amines is 1. The van der Waals surface area contributed by atoms with Crippen molar-refractivity contribution in [1.82, 2.24) is 25.6 Å². The first-order chi connectivity index (χ1) is 16.9. The minimum atomic E-state index is -1.45. The van der Waals surface area contributed by atoms with Crippen molar-refractivity contribution in [2.75, 3.05) is 11.9 Å². The number of nitrogens with zero attached hydrogens (tertiary/aromatic N) is 3. The molecule has 0 saturated carbocycles. The fourth-order valence-electron chi connectivity index (χ4n) is 4.11. The fraction of sp³-hybridized carbons (Fsp3) is 0.208. The van der Waals surface area contributed by atoms with Crippen LogP contribution >= 0.6 is 0 Å².